The number of nitrogens with zero attached hydrogens (tertiary/aromatic N) is 2. The van der Waals surface area contributed by atoms with Crippen LogP contribution in [0.1, 0.15) is 26.2 Å². The van der Waals surface area contributed by atoms with E-state index in [4.69, 9.17) is 0 Å². The van der Waals surface area contributed by atoms with E-state index in [1.165, 1.54) is 49.8 Å². The second-order valence-electron chi connectivity index (χ2n) is 6.10. The molecule has 0 bridgehead atoms. The zero-order valence-corrected chi connectivity index (χ0v) is 13.1. The van der Waals surface area contributed by atoms with Crippen LogP contribution in [0.15, 0.2) is 36.5 Å². The molecule has 3 rings (SSSR count). The Balaban J connectivity index is 1.44. The van der Waals surface area contributed by atoms with Gasteiger partial charge in [-0.3, -0.25) is 0 Å². The molecular weight excluding hydrogens is 258 g/mol. The number of likely N-dealkylation sites (tertiary alicyclic amines) is 1. The van der Waals surface area contributed by atoms with E-state index in [9.17, 15) is 0 Å². The monoisotopic (exact) mass is 285 g/mol. The molecule has 0 atom stereocenters. The molecule has 1 aromatic heterocycles. The van der Waals surface area contributed by atoms with Crippen molar-refractivity contribution < 1.29 is 0 Å². The van der Waals surface area contributed by atoms with Gasteiger partial charge in [-0.1, -0.05) is 25.1 Å². The summed E-state index contributed by atoms with van der Waals surface area (Å²) in [7, 11) is 0. The molecule has 0 saturated carbocycles. The van der Waals surface area contributed by atoms with E-state index in [2.05, 4.69) is 58.2 Å². The summed E-state index contributed by atoms with van der Waals surface area (Å²) in [5, 5.41) is 4.92. The number of hydrogen-bond donors (Lipinski definition) is 1. The molecule has 0 aliphatic carbocycles. The third-order valence-corrected chi connectivity index (χ3v) is 4.63. The third kappa shape index (κ3) is 3.66. The van der Waals surface area contributed by atoms with Gasteiger partial charge in [0.05, 0.1) is 0 Å². The fourth-order valence-electron chi connectivity index (χ4n) is 3.45. The second kappa shape index (κ2) is 7.10. The smallest absolute Gasteiger partial charge is 0.0480 e. The molecule has 0 spiro atoms. The van der Waals surface area contributed by atoms with Crippen LogP contribution in [0.4, 0.5) is 0 Å². The van der Waals surface area contributed by atoms with Crippen LogP contribution in [-0.4, -0.2) is 41.7 Å². The maximum absolute atomic E-state index is 3.57. The van der Waals surface area contributed by atoms with Crippen molar-refractivity contribution in [1.82, 2.24) is 14.8 Å². The van der Waals surface area contributed by atoms with Gasteiger partial charge in [-0.25, -0.2) is 0 Å². The van der Waals surface area contributed by atoms with E-state index in [0.717, 1.165) is 19.1 Å². The van der Waals surface area contributed by atoms with Crippen molar-refractivity contribution in [3.63, 3.8) is 0 Å². The fraction of sp³-hybridized carbons (Fsp3) is 0.556. The Hall–Kier alpha value is -1.32. The van der Waals surface area contributed by atoms with Crippen molar-refractivity contribution >= 4 is 10.9 Å². The van der Waals surface area contributed by atoms with Crippen LogP contribution in [0, 0.1) is 0 Å². The fourth-order valence-corrected chi connectivity index (χ4v) is 3.45. The SMILES string of the molecule is CCNC1CCN(CCCn2ccc3ccccc32)CC1. The Morgan fingerprint density at radius 3 is 2.71 bits per heavy atom. The Bertz CT molecular complexity index is 552. The number of fused-ring (bicyclic) bond motifs is 1. The number of para-hydroxylation sites is 1. The zero-order valence-electron chi connectivity index (χ0n) is 13.1. The van der Waals surface area contributed by atoms with E-state index in [1.807, 2.05) is 0 Å². The molecule has 1 saturated heterocycles. The lowest BCUT2D eigenvalue weighted by atomic mass is 10.0. The van der Waals surface area contributed by atoms with E-state index >= 15 is 0 Å². The zero-order chi connectivity index (χ0) is 14.5. The van der Waals surface area contributed by atoms with Crippen LogP contribution < -0.4 is 5.32 Å². The molecule has 0 radical (unpaired) electrons. The predicted molar refractivity (Wildman–Crippen MR) is 89.7 cm³/mol. The molecule has 3 nitrogen and oxygen atoms in total. The maximum atomic E-state index is 3.57. The molecule has 1 aliphatic heterocycles. The number of benzene rings is 1. The summed E-state index contributed by atoms with van der Waals surface area (Å²) >= 11 is 0. The van der Waals surface area contributed by atoms with Crippen molar-refractivity contribution in [2.45, 2.75) is 38.8 Å². The van der Waals surface area contributed by atoms with Crippen molar-refractivity contribution in [1.29, 1.82) is 0 Å². The first kappa shape index (κ1) is 14.6. The summed E-state index contributed by atoms with van der Waals surface area (Å²) in [5.74, 6) is 0. The number of piperidine rings is 1. The summed E-state index contributed by atoms with van der Waals surface area (Å²) in [6.07, 6.45) is 6.08. The van der Waals surface area contributed by atoms with Gasteiger partial charge in [0.15, 0.2) is 0 Å². The van der Waals surface area contributed by atoms with Gasteiger partial charge in [0, 0.05) is 24.3 Å². The van der Waals surface area contributed by atoms with Crippen molar-refractivity contribution in [2.75, 3.05) is 26.2 Å². The molecule has 1 aliphatic rings. The van der Waals surface area contributed by atoms with Gasteiger partial charge in [-0.05, 0) is 63.0 Å². The van der Waals surface area contributed by atoms with E-state index in [0.29, 0.717) is 0 Å². The van der Waals surface area contributed by atoms with Gasteiger partial charge >= 0.3 is 0 Å². The Morgan fingerprint density at radius 1 is 1.10 bits per heavy atom. The molecule has 1 N–H and O–H groups in total. The highest BCUT2D eigenvalue weighted by Gasteiger charge is 2.17. The van der Waals surface area contributed by atoms with Gasteiger partial charge in [0.2, 0.25) is 0 Å². The Labute approximate surface area is 127 Å². The molecule has 114 valence electrons. The molecular formula is C18H27N3. The van der Waals surface area contributed by atoms with Crippen LogP contribution in [0.3, 0.4) is 0 Å². The van der Waals surface area contributed by atoms with Crippen molar-refractivity contribution in [3.05, 3.63) is 36.5 Å². The summed E-state index contributed by atoms with van der Waals surface area (Å²) in [4.78, 5) is 2.62. The first-order valence-electron chi connectivity index (χ1n) is 8.36. The number of aromatic nitrogens is 1. The minimum atomic E-state index is 0.750. The van der Waals surface area contributed by atoms with Crippen molar-refractivity contribution in [2.24, 2.45) is 0 Å². The summed E-state index contributed by atoms with van der Waals surface area (Å²) in [6, 6.07) is 11.6. The molecule has 1 aromatic carbocycles. The quantitative estimate of drug-likeness (QED) is 0.880. The van der Waals surface area contributed by atoms with E-state index in [-0.39, 0.29) is 0 Å². The van der Waals surface area contributed by atoms with Crippen molar-refractivity contribution in [3.8, 4) is 0 Å². The molecule has 3 heteroatoms. The molecule has 2 aromatic rings. The molecule has 1 fully saturated rings. The lowest BCUT2D eigenvalue weighted by Gasteiger charge is -2.32. The molecule has 0 unspecified atom stereocenters. The highest BCUT2D eigenvalue weighted by atomic mass is 15.1. The van der Waals surface area contributed by atoms with Gasteiger partial charge in [0.1, 0.15) is 0 Å². The number of aryl methyl sites for hydroxylation is 1. The summed E-state index contributed by atoms with van der Waals surface area (Å²) in [6.45, 7) is 8.17. The highest BCUT2D eigenvalue weighted by molar-refractivity contribution is 5.79. The van der Waals surface area contributed by atoms with Gasteiger partial charge in [-0.15, -0.1) is 0 Å². The number of hydrogen-bond acceptors (Lipinski definition) is 2. The second-order valence-corrected chi connectivity index (χ2v) is 6.10. The first-order chi connectivity index (χ1) is 10.4. The molecule has 21 heavy (non-hydrogen) atoms. The standard InChI is InChI=1S/C18H27N3/c1-2-19-17-9-13-20(14-10-17)11-5-12-21-15-8-16-6-3-4-7-18(16)21/h3-4,6-8,15,17,19H,2,5,9-14H2,1H3. The van der Waals surface area contributed by atoms with E-state index < -0.39 is 0 Å². The largest absolute Gasteiger partial charge is 0.347 e. The average Bonchev–Trinajstić information content (AvgIpc) is 2.93. The minimum Gasteiger partial charge on any atom is -0.347 e. The van der Waals surface area contributed by atoms with Gasteiger partial charge in [-0.2, -0.15) is 0 Å². The predicted octanol–water partition coefficient (Wildman–Crippen LogP) is 3.11. The van der Waals surface area contributed by atoms with Crippen LogP contribution >= 0.6 is 0 Å². The average molecular weight is 285 g/mol. The summed E-state index contributed by atoms with van der Waals surface area (Å²) < 4.78 is 2.39. The Morgan fingerprint density at radius 2 is 1.90 bits per heavy atom. The van der Waals surface area contributed by atoms with Crippen LogP contribution in [-0.2, 0) is 6.54 Å². The topological polar surface area (TPSA) is 20.2 Å². The first-order valence-corrected chi connectivity index (χ1v) is 8.36. The lowest BCUT2D eigenvalue weighted by molar-refractivity contribution is 0.195. The lowest BCUT2D eigenvalue weighted by Crippen LogP contribution is -2.42. The molecule has 0 amide bonds. The normalized spacial score (nSPS) is 17.6. The van der Waals surface area contributed by atoms with Crippen LogP contribution in [0.5, 0.6) is 0 Å². The summed E-state index contributed by atoms with van der Waals surface area (Å²) in [5.41, 5.74) is 1.36. The third-order valence-electron chi connectivity index (χ3n) is 4.63. The minimum absolute atomic E-state index is 0.750. The Kier molecular flexibility index (Phi) is 4.94. The maximum Gasteiger partial charge on any atom is 0.0480 e. The number of nitrogens with one attached hydrogen (secondary N) is 1. The molecule has 2 heterocycles. The highest BCUT2D eigenvalue weighted by Crippen LogP contribution is 2.16. The van der Waals surface area contributed by atoms with Crippen LogP contribution in [0.25, 0.3) is 10.9 Å². The van der Waals surface area contributed by atoms with Gasteiger partial charge in [0.25, 0.3) is 0 Å². The van der Waals surface area contributed by atoms with Crippen LogP contribution in [0.2, 0.25) is 0 Å². The van der Waals surface area contributed by atoms with E-state index in [1.54, 1.807) is 0 Å². The van der Waals surface area contributed by atoms with Gasteiger partial charge < -0.3 is 14.8 Å². The number of rotatable bonds is 6.